The second-order valence-corrected chi connectivity index (χ2v) is 7.78. The summed E-state index contributed by atoms with van der Waals surface area (Å²) in [5.74, 6) is 0.424. The summed E-state index contributed by atoms with van der Waals surface area (Å²) in [6.45, 7) is 2.38. The first-order valence-electron chi connectivity index (χ1n) is 8.85. The fraction of sp³-hybridized carbons (Fsp3) is 0.450. The molecule has 0 saturated heterocycles. The van der Waals surface area contributed by atoms with Crippen LogP contribution in [-0.2, 0) is 24.2 Å². The van der Waals surface area contributed by atoms with E-state index in [-0.39, 0.29) is 23.9 Å². The molecule has 25 heavy (non-hydrogen) atoms. The summed E-state index contributed by atoms with van der Waals surface area (Å²) in [5, 5.41) is 2.69. The van der Waals surface area contributed by atoms with E-state index in [0.29, 0.717) is 13.0 Å². The Morgan fingerprint density at radius 2 is 2.00 bits per heavy atom. The number of Topliss-reactive ketones (excluding diaryl/α,β-unsaturated/α-hetero) is 2. The zero-order valence-corrected chi connectivity index (χ0v) is 15.4. The van der Waals surface area contributed by atoms with Crippen LogP contribution in [0, 0.1) is 12.8 Å². The molecule has 1 aliphatic rings. The van der Waals surface area contributed by atoms with Crippen molar-refractivity contribution in [1.82, 2.24) is 4.98 Å². The van der Waals surface area contributed by atoms with Crippen LogP contribution in [0.3, 0.4) is 0 Å². The Morgan fingerprint density at radius 1 is 1.24 bits per heavy atom. The molecule has 1 saturated carbocycles. The molecule has 2 N–H and O–H groups in total. The Balaban J connectivity index is 1.74. The molecular weight excluding hydrogens is 332 g/mol. The van der Waals surface area contributed by atoms with Crippen LogP contribution in [0.1, 0.15) is 57.9 Å². The van der Waals surface area contributed by atoms with Crippen molar-refractivity contribution < 1.29 is 9.59 Å². The van der Waals surface area contributed by atoms with E-state index in [1.165, 1.54) is 11.3 Å². The van der Waals surface area contributed by atoms with E-state index in [1.807, 2.05) is 30.5 Å². The van der Waals surface area contributed by atoms with Crippen molar-refractivity contribution in [2.75, 3.05) is 0 Å². The van der Waals surface area contributed by atoms with Crippen LogP contribution in [0.5, 0.6) is 0 Å². The van der Waals surface area contributed by atoms with E-state index in [2.05, 4.69) is 4.98 Å². The van der Waals surface area contributed by atoms with Gasteiger partial charge in [-0.05, 0) is 31.4 Å². The van der Waals surface area contributed by atoms with Crippen molar-refractivity contribution in [3.63, 3.8) is 0 Å². The average Bonchev–Trinajstić information content (AvgIpc) is 3.27. The van der Waals surface area contributed by atoms with Gasteiger partial charge in [-0.1, -0.05) is 30.5 Å². The van der Waals surface area contributed by atoms with Gasteiger partial charge in [-0.3, -0.25) is 9.59 Å². The number of hydrogen-bond donors (Lipinski definition) is 1. The summed E-state index contributed by atoms with van der Waals surface area (Å²) in [7, 11) is 0. The molecule has 1 aromatic carbocycles. The molecule has 0 unspecified atom stereocenters. The Bertz CT molecular complexity index is 776. The van der Waals surface area contributed by atoms with Gasteiger partial charge in [-0.25, -0.2) is 4.98 Å². The maximum atomic E-state index is 12.9. The predicted octanol–water partition coefficient (Wildman–Crippen LogP) is 3.64. The van der Waals surface area contributed by atoms with Crippen LogP contribution < -0.4 is 5.73 Å². The molecule has 132 valence electrons. The maximum absolute atomic E-state index is 12.9. The molecular formula is C20H24N2O2S. The number of hydrogen-bond acceptors (Lipinski definition) is 5. The van der Waals surface area contributed by atoms with E-state index in [0.717, 1.165) is 53.1 Å². The van der Waals surface area contributed by atoms with E-state index in [1.54, 1.807) is 0 Å². The second-order valence-electron chi connectivity index (χ2n) is 6.84. The number of benzene rings is 1. The molecule has 0 bridgehead atoms. The monoisotopic (exact) mass is 356 g/mol. The van der Waals surface area contributed by atoms with E-state index in [4.69, 9.17) is 5.73 Å². The lowest BCUT2D eigenvalue weighted by atomic mass is 9.90. The molecule has 0 aliphatic heterocycles. The van der Waals surface area contributed by atoms with Crippen LogP contribution in [0.2, 0.25) is 0 Å². The van der Waals surface area contributed by atoms with Gasteiger partial charge in [0.2, 0.25) is 0 Å². The molecule has 3 rings (SSSR count). The van der Waals surface area contributed by atoms with Crippen LogP contribution >= 0.6 is 11.3 Å². The average molecular weight is 356 g/mol. The minimum absolute atomic E-state index is 0.0854. The highest BCUT2D eigenvalue weighted by Crippen LogP contribution is 2.29. The van der Waals surface area contributed by atoms with Gasteiger partial charge in [-0.2, -0.15) is 0 Å². The van der Waals surface area contributed by atoms with Gasteiger partial charge in [0.1, 0.15) is 10.8 Å². The Morgan fingerprint density at radius 3 is 2.68 bits per heavy atom. The van der Waals surface area contributed by atoms with E-state index >= 15 is 0 Å². The number of thiazole rings is 1. The van der Waals surface area contributed by atoms with Crippen molar-refractivity contribution in [1.29, 1.82) is 0 Å². The lowest BCUT2D eigenvalue weighted by molar-refractivity contribution is -0.117. The molecule has 2 aromatic rings. The minimum Gasteiger partial charge on any atom is -0.325 e. The Labute approximate surface area is 152 Å². The first kappa shape index (κ1) is 18.0. The first-order chi connectivity index (χ1) is 12.1. The van der Waals surface area contributed by atoms with Crippen molar-refractivity contribution >= 4 is 22.9 Å². The second kappa shape index (κ2) is 8.02. The standard InChI is InChI=1S/C20H24N2O2S/c1-13-6-7-15(18(8-13)20(24)14-4-2-3-5-14)9-17(23)10-19-22-16(11-21)12-25-19/h6-8,12,14H,2-5,9-11,21H2,1H3. The van der Waals surface area contributed by atoms with Gasteiger partial charge in [0, 0.05) is 29.8 Å². The fourth-order valence-corrected chi connectivity index (χ4v) is 4.28. The van der Waals surface area contributed by atoms with E-state index < -0.39 is 0 Å². The topological polar surface area (TPSA) is 73.1 Å². The smallest absolute Gasteiger partial charge is 0.166 e. The maximum Gasteiger partial charge on any atom is 0.166 e. The molecule has 5 heteroatoms. The lowest BCUT2D eigenvalue weighted by Gasteiger charge is -2.13. The highest BCUT2D eigenvalue weighted by molar-refractivity contribution is 7.09. The summed E-state index contributed by atoms with van der Waals surface area (Å²) in [6, 6.07) is 5.85. The Hall–Kier alpha value is -1.85. The molecule has 1 aromatic heterocycles. The van der Waals surface area contributed by atoms with Crippen LogP contribution in [0.4, 0.5) is 0 Å². The molecule has 0 spiro atoms. The molecule has 0 radical (unpaired) electrons. The number of ketones is 2. The van der Waals surface area contributed by atoms with E-state index in [9.17, 15) is 9.59 Å². The third-order valence-corrected chi connectivity index (χ3v) is 5.70. The molecule has 0 amide bonds. The fourth-order valence-electron chi connectivity index (χ4n) is 3.45. The van der Waals surface area contributed by atoms with Gasteiger partial charge in [0.15, 0.2) is 5.78 Å². The van der Waals surface area contributed by atoms with Crippen LogP contribution in [0.15, 0.2) is 23.6 Å². The first-order valence-corrected chi connectivity index (χ1v) is 9.73. The lowest BCUT2D eigenvalue weighted by Crippen LogP contribution is -2.16. The van der Waals surface area contributed by atoms with Crippen molar-refractivity contribution in [3.8, 4) is 0 Å². The quantitative estimate of drug-likeness (QED) is 0.769. The number of nitrogens with two attached hydrogens (primary N) is 1. The number of nitrogens with zero attached hydrogens (tertiary/aromatic N) is 1. The number of aryl methyl sites for hydroxylation is 1. The van der Waals surface area contributed by atoms with Gasteiger partial charge in [0.05, 0.1) is 12.1 Å². The zero-order valence-electron chi connectivity index (χ0n) is 14.6. The summed E-state index contributed by atoms with van der Waals surface area (Å²) < 4.78 is 0. The summed E-state index contributed by atoms with van der Waals surface area (Å²) in [6.07, 6.45) is 4.79. The number of carbonyl (C=O) groups excluding carboxylic acids is 2. The zero-order chi connectivity index (χ0) is 17.8. The van der Waals surface area contributed by atoms with Crippen molar-refractivity contribution in [3.05, 3.63) is 51.0 Å². The largest absolute Gasteiger partial charge is 0.325 e. The molecule has 4 nitrogen and oxygen atoms in total. The van der Waals surface area contributed by atoms with Gasteiger partial charge in [-0.15, -0.1) is 11.3 Å². The van der Waals surface area contributed by atoms with Crippen molar-refractivity contribution in [2.24, 2.45) is 11.7 Å². The number of carbonyl (C=O) groups is 2. The third-order valence-electron chi connectivity index (χ3n) is 4.80. The van der Waals surface area contributed by atoms with Crippen molar-refractivity contribution in [2.45, 2.75) is 52.0 Å². The number of aromatic nitrogens is 1. The Kier molecular flexibility index (Phi) is 5.76. The molecule has 1 aliphatic carbocycles. The SMILES string of the molecule is Cc1ccc(CC(=O)Cc2nc(CN)cs2)c(C(=O)C2CCCC2)c1. The molecule has 0 atom stereocenters. The summed E-state index contributed by atoms with van der Waals surface area (Å²) in [5.41, 5.74) is 9.03. The van der Waals surface area contributed by atoms with Crippen LogP contribution in [0.25, 0.3) is 0 Å². The molecule has 1 heterocycles. The number of rotatable bonds is 7. The van der Waals surface area contributed by atoms with Gasteiger partial charge in [0.25, 0.3) is 0 Å². The highest BCUT2D eigenvalue weighted by atomic mass is 32.1. The minimum atomic E-state index is 0.0854. The third kappa shape index (κ3) is 4.41. The highest BCUT2D eigenvalue weighted by Gasteiger charge is 2.26. The van der Waals surface area contributed by atoms with Crippen LogP contribution in [-0.4, -0.2) is 16.6 Å². The van der Waals surface area contributed by atoms with Gasteiger partial charge < -0.3 is 5.73 Å². The molecule has 1 fully saturated rings. The predicted molar refractivity (Wildman–Crippen MR) is 99.9 cm³/mol. The summed E-state index contributed by atoms with van der Waals surface area (Å²) >= 11 is 1.47. The van der Waals surface area contributed by atoms with Gasteiger partial charge >= 0.3 is 0 Å². The summed E-state index contributed by atoms with van der Waals surface area (Å²) in [4.78, 5) is 29.7. The normalized spacial score (nSPS) is 14.8.